The Morgan fingerprint density at radius 2 is 2.05 bits per heavy atom. The second kappa shape index (κ2) is 7.22. The molecule has 1 rings (SSSR count). The Bertz CT molecular complexity index is 569. The van der Waals surface area contributed by atoms with Gasteiger partial charge in [-0.15, -0.1) is 0 Å². The van der Waals surface area contributed by atoms with Crippen molar-refractivity contribution in [3.8, 4) is 5.75 Å². The zero-order chi connectivity index (χ0) is 16.1. The van der Waals surface area contributed by atoms with Crippen LogP contribution >= 0.6 is 0 Å². The molecule has 0 radical (unpaired) electrons. The van der Waals surface area contributed by atoms with E-state index in [1.54, 1.807) is 19.1 Å². The SMILES string of the molecule is CCOc1ccc(S(=O)(=O)NCC(C)(O)COC)cc1C. The highest BCUT2D eigenvalue weighted by Crippen LogP contribution is 2.21. The summed E-state index contributed by atoms with van der Waals surface area (Å²) < 4.78 is 37.0. The first-order valence-electron chi connectivity index (χ1n) is 6.66. The molecule has 0 bridgehead atoms. The fourth-order valence-corrected chi connectivity index (χ4v) is 3.05. The Labute approximate surface area is 126 Å². The van der Waals surface area contributed by atoms with E-state index in [9.17, 15) is 13.5 Å². The Balaban J connectivity index is 2.86. The lowest BCUT2D eigenvalue weighted by atomic mass is 10.1. The lowest BCUT2D eigenvalue weighted by Crippen LogP contribution is -2.43. The summed E-state index contributed by atoms with van der Waals surface area (Å²) >= 11 is 0. The van der Waals surface area contributed by atoms with E-state index < -0.39 is 15.6 Å². The summed E-state index contributed by atoms with van der Waals surface area (Å²) in [6, 6.07) is 4.64. The minimum absolute atomic E-state index is 0.0395. The summed E-state index contributed by atoms with van der Waals surface area (Å²) in [5.41, 5.74) is -0.523. The predicted molar refractivity (Wildman–Crippen MR) is 80.0 cm³/mol. The summed E-state index contributed by atoms with van der Waals surface area (Å²) in [5.74, 6) is 0.655. The standard InChI is InChI=1S/C14H23NO5S/c1-5-20-13-7-6-12(8-11(13)2)21(17,18)15-9-14(3,16)10-19-4/h6-8,15-16H,5,9-10H2,1-4H3. The fourth-order valence-electron chi connectivity index (χ4n) is 1.80. The highest BCUT2D eigenvalue weighted by Gasteiger charge is 2.24. The van der Waals surface area contributed by atoms with Crippen molar-refractivity contribution in [3.05, 3.63) is 23.8 Å². The van der Waals surface area contributed by atoms with Crippen LogP contribution in [0.25, 0.3) is 0 Å². The topological polar surface area (TPSA) is 84.9 Å². The molecule has 7 heteroatoms. The van der Waals surface area contributed by atoms with E-state index in [4.69, 9.17) is 9.47 Å². The average molecular weight is 317 g/mol. The van der Waals surface area contributed by atoms with E-state index >= 15 is 0 Å². The van der Waals surface area contributed by atoms with Crippen LogP contribution in [0.1, 0.15) is 19.4 Å². The van der Waals surface area contributed by atoms with Gasteiger partial charge >= 0.3 is 0 Å². The molecule has 0 amide bonds. The molecule has 0 aliphatic carbocycles. The Morgan fingerprint density at radius 1 is 1.38 bits per heavy atom. The third-order valence-electron chi connectivity index (χ3n) is 2.85. The minimum Gasteiger partial charge on any atom is -0.494 e. The molecule has 0 saturated carbocycles. The molecule has 0 saturated heterocycles. The van der Waals surface area contributed by atoms with Gasteiger partial charge < -0.3 is 14.6 Å². The lowest BCUT2D eigenvalue weighted by Gasteiger charge is -2.22. The van der Waals surface area contributed by atoms with Gasteiger partial charge in [0, 0.05) is 13.7 Å². The maximum atomic E-state index is 12.2. The van der Waals surface area contributed by atoms with Crippen molar-refractivity contribution in [1.82, 2.24) is 4.72 Å². The minimum atomic E-state index is -3.69. The summed E-state index contributed by atoms with van der Waals surface area (Å²) in [6.07, 6.45) is 0. The van der Waals surface area contributed by atoms with E-state index in [-0.39, 0.29) is 18.0 Å². The van der Waals surface area contributed by atoms with Crippen LogP contribution in [0, 0.1) is 6.92 Å². The summed E-state index contributed by atoms with van der Waals surface area (Å²) in [5, 5.41) is 9.92. The van der Waals surface area contributed by atoms with Gasteiger partial charge in [-0.25, -0.2) is 13.1 Å². The Hall–Kier alpha value is -1.15. The van der Waals surface area contributed by atoms with Crippen molar-refractivity contribution < 1.29 is 23.0 Å². The zero-order valence-electron chi connectivity index (χ0n) is 12.8. The molecule has 1 aromatic rings. The first-order valence-corrected chi connectivity index (χ1v) is 8.14. The van der Waals surface area contributed by atoms with Gasteiger partial charge in [0.15, 0.2) is 0 Å². The number of hydrogen-bond acceptors (Lipinski definition) is 5. The zero-order valence-corrected chi connectivity index (χ0v) is 13.7. The van der Waals surface area contributed by atoms with Crippen LogP contribution in [0.15, 0.2) is 23.1 Å². The van der Waals surface area contributed by atoms with Crippen LogP contribution in [-0.2, 0) is 14.8 Å². The number of aryl methyl sites for hydroxylation is 1. The van der Waals surface area contributed by atoms with E-state index in [0.717, 1.165) is 5.56 Å². The highest BCUT2D eigenvalue weighted by atomic mass is 32.2. The number of rotatable bonds is 8. The molecule has 0 spiro atoms. The first kappa shape index (κ1) is 17.9. The third kappa shape index (κ3) is 5.28. The van der Waals surface area contributed by atoms with Crippen molar-refractivity contribution in [2.24, 2.45) is 0 Å². The number of sulfonamides is 1. The first-order chi connectivity index (χ1) is 9.72. The summed E-state index contributed by atoms with van der Waals surface area (Å²) in [7, 11) is -2.24. The van der Waals surface area contributed by atoms with Crippen LogP contribution in [0.2, 0.25) is 0 Å². The summed E-state index contributed by atoms with van der Waals surface area (Å²) in [6.45, 7) is 5.58. The molecule has 120 valence electrons. The van der Waals surface area contributed by atoms with Gasteiger partial charge in [-0.05, 0) is 44.5 Å². The number of ether oxygens (including phenoxy) is 2. The average Bonchev–Trinajstić information content (AvgIpc) is 2.39. The predicted octanol–water partition coefficient (Wildman–Crippen LogP) is 1.07. The van der Waals surface area contributed by atoms with Crippen molar-refractivity contribution in [2.75, 3.05) is 26.9 Å². The van der Waals surface area contributed by atoms with Gasteiger partial charge in [-0.2, -0.15) is 0 Å². The Morgan fingerprint density at radius 3 is 2.57 bits per heavy atom. The normalized spacial score (nSPS) is 14.7. The van der Waals surface area contributed by atoms with E-state index in [1.807, 2.05) is 6.92 Å². The lowest BCUT2D eigenvalue weighted by molar-refractivity contribution is -0.0119. The molecule has 2 N–H and O–H groups in total. The number of methoxy groups -OCH3 is 1. The molecule has 0 aliphatic heterocycles. The molecule has 6 nitrogen and oxygen atoms in total. The monoisotopic (exact) mass is 317 g/mol. The van der Waals surface area contributed by atoms with Gasteiger partial charge in [-0.3, -0.25) is 0 Å². The van der Waals surface area contributed by atoms with Crippen LogP contribution in [0.5, 0.6) is 5.75 Å². The second-order valence-corrected chi connectivity index (χ2v) is 6.88. The van der Waals surface area contributed by atoms with Crippen LogP contribution in [0.4, 0.5) is 0 Å². The third-order valence-corrected chi connectivity index (χ3v) is 4.25. The molecule has 0 aromatic heterocycles. The van der Waals surface area contributed by atoms with Gasteiger partial charge in [0.2, 0.25) is 10.0 Å². The number of benzene rings is 1. The van der Waals surface area contributed by atoms with Gasteiger partial charge in [0.25, 0.3) is 0 Å². The summed E-state index contributed by atoms with van der Waals surface area (Å²) in [4.78, 5) is 0.136. The second-order valence-electron chi connectivity index (χ2n) is 5.11. The quantitative estimate of drug-likeness (QED) is 0.749. The van der Waals surface area contributed by atoms with Crippen molar-refractivity contribution >= 4 is 10.0 Å². The van der Waals surface area contributed by atoms with E-state index in [0.29, 0.717) is 12.4 Å². The van der Waals surface area contributed by atoms with Crippen LogP contribution < -0.4 is 9.46 Å². The highest BCUT2D eigenvalue weighted by molar-refractivity contribution is 7.89. The number of aliphatic hydroxyl groups is 1. The van der Waals surface area contributed by atoms with Gasteiger partial charge in [0.1, 0.15) is 5.75 Å². The van der Waals surface area contributed by atoms with Crippen molar-refractivity contribution in [1.29, 1.82) is 0 Å². The van der Waals surface area contributed by atoms with Crippen LogP contribution in [-0.4, -0.2) is 46.0 Å². The molecule has 1 unspecified atom stereocenters. The largest absolute Gasteiger partial charge is 0.494 e. The maximum absolute atomic E-state index is 12.2. The molecule has 21 heavy (non-hydrogen) atoms. The van der Waals surface area contributed by atoms with Gasteiger partial charge in [-0.1, -0.05) is 0 Å². The van der Waals surface area contributed by atoms with Crippen molar-refractivity contribution in [2.45, 2.75) is 31.3 Å². The van der Waals surface area contributed by atoms with Crippen molar-refractivity contribution in [3.63, 3.8) is 0 Å². The van der Waals surface area contributed by atoms with E-state index in [1.165, 1.54) is 20.1 Å². The molecular weight excluding hydrogens is 294 g/mol. The maximum Gasteiger partial charge on any atom is 0.240 e. The molecule has 0 heterocycles. The smallest absolute Gasteiger partial charge is 0.240 e. The molecule has 0 fully saturated rings. The van der Waals surface area contributed by atoms with Gasteiger partial charge in [0.05, 0.1) is 23.7 Å². The number of nitrogens with one attached hydrogen (secondary N) is 1. The Kier molecular flexibility index (Phi) is 6.15. The molecular formula is C14H23NO5S. The molecule has 1 aromatic carbocycles. The van der Waals surface area contributed by atoms with E-state index in [2.05, 4.69) is 4.72 Å². The van der Waals surface area contributed by atoms with Crippen LogP contribution in [0.3, 0.4) is 0 Å². The molecule has 1 atom stereocenters. The number of hydrogen-bond donors (Lipinski definition) is 2. The molecule has 0 aliphatic rings. The fraction of sp³-hybridized carbons (Fsp3) is 0.571.